The van der Waals surface area contributed by atoms with Crippen molar-refractivity contribution in [1.82, 2.24) is 0 Å². The summed E-state index contributed by atoms with van der Waals surface area (Å²) >= 11 is 0. The molecule has 0 aliphatic rings. The Bertz CT molecular complexity index is 134. The lowest BCUT2D eigenvalue weighted by atomic mass is 10.1. The molecule has 1 N–H and O–H groups in total. The first-order valence-corrected chi connectivity index (χ1v) is 4.98. The fraction of sp³-hybridized carbons (Fsp3) is 0.900. The summed E-state index contributed by atoms with van der Waals surface area (Å²) in [6.07, 6.45) is 4.29. The molecule has 1 atom stereocenters. The summed E-state index contributed by atoms with van der Waals surface area (Å²) < 4.78 is 4.75. The van der Waals surface area contributed by atoms with E-state index in [0.717, 1.165) is 32.1 Å². The van der Waals surface area contributed by atoms with Gasteiger partial charge in [-0.15, -0.1) is 0 Å². The third-order valence-electron chi connectivity index (χ3n) is 1.88. The Kier molecular flexibility index (Phi) is 7.69. The average molecular weight is 188 g/mol. The maximum absolute atomic E-state index is 10.4. The molecule has 0 spiro atoms. The molecule has 0 aliphatic heterocycles. The van der Waals surface area contributed by atoms with E-state index in [2.05, 4.69) is 6.92 Å². The Morgan fingerprint density at radius 1 is 1.38 bits per heavy atom. The van der Waals surface area contributed by atoms with Gasteiger partial charge in [0.15, 0.2) is 0 Å². The van der Waals surface area contributed by atoms with Crippen LogP contribution in [0.25, 0.3) is 0 Å². The number of hydrogen-bond donors (Lipinski definition) is 1. The topological polar surface area (TPSA) is 46.5 Å². The predicted molar refractivity (Wildman–Crippen MR) is 51.4 cm³/mol. The van der Waals surface area contributed by atoms with Gasteiger partial charge in [0.2, 0.25) is 0 Å². The van der Waals surface area contributed by atoms with E-state index in [1.54, 1.807) is 0 Å². The summed E-state index contributed by atoms with van der Waals surface area (Å²) in [6.45, 7) is 3.93. The van der Waals surface area contributed by atoms with Crippen molar-refractivity contribution in [2.24, 2.45) is 0 Å². The molecular formula is C10H20O3. The molecule has 0 rings (SSSR count). The number of aliphatic hydroxyl groups is 1. The first-order valence-electron chi connectivity index (χ1n) is 4.98. The molecule has 0 bridgehead atoms. The van der Waals surface area contributed by atoms with Gasteiger partial charge in [0, 0.05) is 6.92 Å². The van der Waals surface area contributed by atoms with E-state index in [1.165, 1.54) is 6.92 Å². The molecule has 0 saturated carbocycles. The molecule has 3 nitrogen and oxygen atoms in total. The standard InChI is InChI=1S/C10H20O3/c1-3-4-6-10(12)7-5-8-13-9(2)11/h10,12H,3-8H2,1-2H3. The van der Waals surface area contributed by atoms with Crippen LogP contribution >= 0.6 is 0 Å². The minimum absolute atomic E-state index is 0.226. The second-order valence-corrected chi connectivity index (χ2v) is 3.28. The second kappa shape index (κ2) is 8.05. The van der Waals surface area contributed by atoms with Crippen LogP contribution in [0.5, 0.6) is 0 Å². The molecule has 0 aromatic rings. The third-order valence-corrected chi connectivity index (χ3v) is 1.88. The first-order chi connectivity index (χ1) is 6.16. The van der Waals surface area contributed by atoms with Crippen LogP contribution in [0.15, 0.2) is 0 Å². The van der Waals surface area contributed by atoms with Crippen molar-refractivity contribution in [1.29, 1.82) is 0 Å². The van der Waals surface area contributed by atoms with E-state index in [-0.39, 0.29) is 12.1 Å². The second-order valence-electron chi connectivity index (χ2n) is 3.28. The van der Waals surface area contributed by atoms with E-state index in [0.29, 0.717) is 6.61 Å². The van der Waals surface area contributed by atoms with Gasteiger partial charge in [-0.05, 0) is 19.3 Å². The number of aliphatic hydroxyl groups excluding tert-OH is 1. The van der Waals surface area contributed by atoms with Crippen LogP contribution in [0.1, 0.15) is 46.0 Å². The molecule has 0 radical (unpaired) electrons. The predicted octanol–water partition coefficient (Wildman–Crippen LogP) is 1.88. The monoisotopic (exact) mass is 188 g/mol. The quantitative estimate of drug-likeness (QED) is 0.490. The van der Waals surface area contributed by atoms with Gasteiger partial charge in [0.1, 0.15) is 0 Å². The largest absolute Gasteiger partial charge is 0.466 e. The molecule has 0 aromatic carbocycles. The van der Waals surface area contributed by atoms with Crippen molar-refractivity contribution in [2.75, 3.05) is 6.61 Å². The first kappa shape index (κ1) is 12.4. The molecule has 13 heavy (non-hydrogen) atoms. The zero-order chi connectivity index (χ0) is 10.1. The fourth-order valence-electron chi connectivity index (χ4n) is 1.12. The lowest BCUT2D eigenvalue weighted by Crippen LogP contribution is -2.09. The normalized spacial score (nSPS) is 12.5. The molecule has 78 valence electrons. The van der Waals surface area contributed by atoms with Crippen LogP contribution in [-0.4, -0.2) is 23.8 Å². The van der Waals surface area contributed by atoms with Gasteiger partial charge in [-0.1, -0.05) is 19.8 Å². The van der Waals surface area contributed by atoms with Gasteiger partial charge in [-0.25, -0.2) is 0 Å². The molecule has 0 heterocycles. The van der Waals surface area contributed by atoms with E-state index in [4.69, 9.17) is 4.74 Å². The number of carbonyl (C=O) groups excluding carboxylic acids is 1. The highest BCUT2D eigenvalue weighted by Crippen LogP contribution is 2.06. The Morgan fingerprint density at radius 2 is 2.00 bits per heavy atom. The number of rotatable bonds is 7. The molecule has 3 heteroatoms. The lowest BCUT2D eigenvalue weighted by Gasteiger charge is -2.08. The molecule has 1 unspecified atom stereocenters. The summed E-state index contributed by atoms with van der Waals surface area (Å²) in [5.74, 6) is -0.247. The number of unbranched alkanes of at least 4 members (excludes halogenated alkanes) is 1. The summed E-state index contributed by atoms with van der Waals surface area (Å²) in [5.41, 5.74) is 0. The van der Waals surface area contributed by atoms with Crippen LogP contribution in [-0.2, 0) is 9.53 Å². The SMILES string of the molecule is CCCCC(O)CCCOC(C)=O. The van der Waals surface area contributed by atoms with Crippen molar-refractivity contribution < 1.29 is 14.6 Å². The molecular weight excluding hydrogens is 168 g/mol. The van der Waals surface area contributed by atoms with E-state index >= 15 is 0 Å². The summed E-state index contributed by atoms with van der Waals surface area (Å²) in [5, 5.41) is 9.41. The minimum Gasteiger partial charge on any atom is -0.466 e. The average Bonchev–Trinajstić information content (AvgIpc) is 2.08. The van der Waals surface area contributed by atoms with Gasteiger partial charge in [0.25, 0.3) is 0 Å². The molecule has 0 aromatic heterocycles. The minimum atomic E-state index is -0.247. The van der Waals surface area contributed by atoms with Crippen molar-refractivity contribution in [3.8, 4) is 0 Å². The lowest BCUT2D eigenvalue weighted by molar-refractivity contribution is -0.141. The zero-order valence-electron chi connectivity index (χ0n) is 8.58. The van der Waals surface area contributed by atoms with Crippen molar-refractivity contribution in [3.05, 3.63) is 0 Å². The van der Waals surface area contributed by atoms with Crippen molar-refractivity contribution >= 4 is 5.97 Å². The van der Waals surface area contributed by atoms with Crippen LogP contribution in [0.4, 0.5) is 0 Å². The van der Waals surface area contributed by atoms with Gasteiger partial charge < -0.3 is 9.84 Å². The number of carbonyl (C=O) groups is 1. The smallest absolute Gasteiger partial charge is 0.302 e. The Balaban J connectivity index is 3.16. The highest BCUT2D eigenvalue weighted by molar-refractivity contribution is 5.65. The van der Waals surface area contributed by atoms with Crippen LogP contribution < -0.4 is 0 Å². The summed E-state index contributed by atoms with van der Waals surface area (Å²) in [4.78, 5) is 10.4. The Hall–Kier alpha value is -0.570. The van der Waals surface area contributed by atoms with E-state index < -0.39 is 0 Å². The maximum Gasteiger partial charge on any atom is 0.302 e. The van der Waals surface area contributed by atoms with Gasteiger partial charge in [-0.2, -0.15) is 0 Å². The number of esters is 1. The van der Waals surface area contributed by atoms with E-state index in [1.807, 2.05) is 0 Å². The van der Waals surface area contributed by atoms with Crippen LogP contribution in [0.2, 0.25) is 0 Å². The van der Waals surface area contributed by atoms with Crippen LogP contribution in [0.3, 0.4) is 0 Å². The highest BCUT2D eigenvalue weighted by Gasteiger charge is 2.03. The zero-order valence-corrected chi connectivity index (χ0v) is 8.58. The number of hydrogen-bond acceptors (Lipinski definition) is 3. The summed E-state index contributed by atoms with van der Waals surface area (Å²) in [6, 6.07) is 0. The van der Waals surface area contributed by atoms with E-state index in [9.17, 15) is 9.90 Å². The van der Waals surface area contributed by atoms with Gasteiger partial charge >= 0.3 is 5.97 Å². The Labute approximate surface area is 80.1 Å². The Morgan fingerprint density at radius 3 is 2.54 bits per heavy atom. The third kappa shape index (κ3) is 9.34. The highest BCUT2D eigenvalue weighted by atomic mass is 16.5. The fourth-order valence-corrected chi connectivity index (χ4v) is 1.12. The molecule has 0 fully saturated rings. The van der Waals surface area contributed by atoms with Gasteiger partial charge in [0.05, 0.1) is 12.7 Å². The number of ether oxygens (including phenoxy) is 1. The van der Waals surface area contributed by atoms with Crippen molar-refractivity contribution in [3.63, 3.8) is 0 Å². The van der Waals surface area contributed by atoms with Gasteiger partial charge in [-0.3, -0.25) is 4.79 Å². The van der Waals surface area contributed by atoms with Crippen LogP contribution in [0, 0.1) is 0 Å². The summed E-state index contributed by atoms with van der Waals surface area (Å²) in [7, 11) is 0. The molecule has 0 aliphatic carbocycles. The van der Waals surface area contributed by atoms with Crippen molar-refractivity contribution in [2.45, 2.75) is 52.1 Å². The maximum atomic E-state index is 10.4. The molecule has 0 amide bonds. The molecule has 0 saturated heterocycles.